The fraction of sp³-hybridized carbons (Fsp3) is 0.500. The highest BCUT2D eigenvalue weighted by Crippen LogP contribution is 2.28. The third-order valence-electron chi connectivity index (χ3n) is 1.70. The summed E-state index contributed by atoms with van der Waals surface area (Å²) in [5.74, 6) is -6.14. The van der Waals surface area contributed by atoms with Crippen LogP contribution in [-0.2, 0) is 10.7 Å². The van der Waals surface area contributed by atoms with Crippen molar-refractivity contribution in [3.8, 4) is 0 Å². The number of aromatic nitrogens is 1. The Labute approximate surface area is 78.6 Å². The summed E-state index contributed by atoms with van der Waals surface area (Å²) in [7, 11) is 0. The molecular formula is C8H9F2NO3. The first-order chi connectivity index (χ1) is 6.32. The van der Waals surface area contributed by atoms with Gasteiger partial charge >= 0.3 is 11.9 Å². The monoisotopic (exact) mass is 205 g/mol. The van der Waals surface area contributed by atoms with Crippen LogP contribution in [0.3, 0.4) is 0 Å². The number of rotatable bonds is 3. The Morgan fingerprint density at radius 3 is 2.64 bits per heavy atom. The lowest BCUT2D eigenvalue weighted by Crippen LogP contribution is -2.08. The fourth-order valence-corrected chi connectivity index (χ4v) is 0.811. The summed E-state index contributed by atoms with van der Waals surface area (Å²) in [5, 5.41) is 8.57. The maximum atomic E-state index is 12.6. The molecule has 0 aliphatic rings. The Kier molecular flexibility index (Phi) is 2.55. The van der Waals surface area contributed by atoms with Gasteiger partial charge in [0.2, 0.25) is 0 Å². The highest BCUT2D eigenvalue weighted by atomic mass is 19.3. The predicted octanol–water partition coefficient (Wildman–Crippen LogP) is 1.97. The van der Waals surface area contributed by atoms with E-state index in [9.17, 15) is 13.6 Å². The molecule has 4 nitrogen and oxygen atoms in total. The molecule has 0 aliphatic heterocycles. The summed E-state index contributed by atoms with van der Waals surface area (Å²) in [6, 6.07) is 0. The molecule has 78 valence electrons. The minimum Gasteiger partial charge on any atom is -0.481 e. The number of carbonyl (C=O) groups is 1. The van der Waals surface area contributed by atoms with Crippen molar-refractivity contribution < 1.29 is 23.1 Å². The highest BCUT2D eigenvalue weighted by Gasteiger charge is 2.32. The van der Waals surface area contributed by atoms with E-state index >= 15 is 0 Å². The Morgan fingerprint density at radius 1 is 1.71 bits per heavy atom. The molecular weight excluding hydrogens is 196 g/mol. The van der Waals surface area contributed by atoms with E-state index in [-0.39, 0.29) is 5.76 Å². The molecule has 6 heteroatoms. The lowest BCUT2D eigenvalue weighted by atomic mass is 10.1. The van der Waals surface area contributed by atoms with Crippen LogP contribution in [0.4, 0.5) is 8.78 Å². The van der Waals surface area contributed by atoms with Gasteiger partial charge < -0.3 is 9.52 Å². The zero-order valence-electron chi connectivity index (χ0n) is 7.62. The largest absolute Gasteiger partial charge is 0.481 e. The molecule has 0 spiro atoms. The van der Waals surface area contributed by atoms with Gasteiger partial charge in [-0.3, -0.25) is 4.79 Å². The zero-order chi connectivity index (χ0) is 10.9. The van der Waals surface area contributed by atoms with Gasteiger partial charge in [0.1, 0.15) is 11.7 Å². The van der Waals surface area contributed by atoms with Crippen molar-refractivity contribution in [2.24, 2.45) is 0 Å². The molecule has 1 aromatic heterocycles. The van der Waals surface area contributed by atoms with E-state index in [0.717, 1.165) is 6.20 Å². The SMILES string of the molecule is CC(C(=O)O)c1cnc(C(C)(F)F)o1. The number of hydrogen-bond donors (Lipinski definition) is 1. The van der Waals surface area contributed by atoms with Gasteiger partial charge in [0.15, 0.2) is 0 Å². The number of alkyl halides is 2. The molecule has 0 aliphatic carbocycles. The molecule has 1 heterocycles. The maximum absolute atomic E-state index is 12.6. The van der Waals surface area contributed by atoms with Gasteiger partial charge in [0, 0.05) is 6.92 Å². The summed E-state index contributed by atoms with van der Waals surface area (Å²) in [5.41, 5.74) is 0. The second-order valence-electron chi connectivity index (χ2n) is 3.02. The first-order valence-corrected chi connectivity index (χ1v) is 3.89. The third kappa shape index (κ3) is 2.07. The molecule has 14 heavy (non-hydrogen) atoms. The van der Waals surface area contributed by atoms with E-state index in [2.05, 4.69) is 9.40 Å². The molecule has 0 radical (unpaired) electrons. The number of nitrogens with zero attached hydrogens (tertiary/aromatic N) is 1. The first kappa shape index (κ1) is 10.6. The third-order valence-corrected chi connectivity index (χ3v) is 1.70. The highest BCUT2D eigenvalue weighted by molar-refractivity contribution is 5.74. The van der Waals surface area contributed by atoms with Gasteiger partial charge in [-0.2, -0.15) is 8.78 Å². The smallest absolute Gasteiger partial charge is 0.319 e. The van der Waals surface area contributed by atoms with Gasteiger partial charge in [0.25, 0.3) is 5.89 Å². The normalized spacial score (nSPS) is 14.0. The van der Waals surface area contributed by atoms with E-state index < -0.39 is 23.7 Å². The van der Waals surface area contributed by atoms with E-state index in [0.29, 0.717) is 6.92 Å². The summed E-state index contributed by atoms with van der Waals surface area (Å²) < 4.78 is 29.9. The second-order valence-corrected chi connectivity index (χ2v) is 3.02. The lowest BCUT2D eigenvalue weighted by Gasteiger charge is -2.04. The molecule has 0 aromatic carbocycles. The molecule has 1 N–H and O–H groups in total. The number of carboxylic acids is 1. The zero-order valence-corrected chi connectivity index (χ0v) is 7.62. The van der Waals surface area contributed by atoms with Crippen LogP contribution in [0.5, 0.6) is 0 Å². The van der Waals surface area contributed by atoms with Crippen molar-refractivity contribution >= 4 is 5.97 Å². The van der Waals surface area contributed by atoms with Crippen molar-refractivity contribution in [2.75, 3.05) is 0 Å². The van der Waals surface area contributed by atoms with Crippen LogP contribution in [0.15, 0.2) is 10.6 Å². The summed E-state index contributed by atoms with van der Waals surface area (Å²) in [6.45, 7) is 1.97. The Hall–Kier alpha value is -1.46. The van der Waals surface area contributed by atoms with Crippen LogP contribution in [-0.4, -0.2) is 16.1 Å². The van der Waals surface area contributed by atoms with Crippen molar-refractivity contribution in [3.05, 3.63) is 17.8 Å². The topological polar surface area (TPSA) is 63.3 Å². The van der Waals surface area contributed by atoms with Crippen molar-refractivity contribution in [1.82, 2.24) is 4.98 Å². The van der Waals surface area contributed by atoms with E-state index in [1.165, 1.54) is 6.92 Å². The standard InChI is InChI=1S/C8H9F2NO3/c1-4(6(12)13)5-3-11-7(14-5)8(2,9)10/h3-4H,1-2H3,(H,12,13). The molecule has 0 saturated heterocycles. The van der Waals surface area contributed by atoms with Crippen LogP contribution in [0.1, 0.15) is 31.4 Å². The lowest BCUT2D eigenvalue weighted by molar-refractivity contribution is -0.138. The Morgan fingerprint density at radius 2 is 2.29 bits per heavy atom. The van der Waals surface area contributed by atoms with Gasteiger partial charge in [-0.1, -0.05) is 0 Å². The quantitative estimate of drug-likeness (QED) is 0.819. The average Bonchev–Trinajstić information content (AvgIpc) is 2.49. The van der Waals surface area contributed by atoms with Crippen LogP contribution >= 0.6 is 0 Å². The summed E-state index contributed by atoms with van der Waals surface area (Å²) >= 11 is 0. The van der Waals surface area contributed by atoms with Crippen molar-refractivity contribution in [1.29, 1.82) is 0 Å². The molecule has 1 rings (SSSR count). The molecule has 1 unspecified atom stereocenters. The van der Waals surface area contributed by atoms with E-state index in [1.807, 2.05) is 0 Å². The maximum Gasteiger partial charge on any atom is 0.319 e. The Balaban J connectivity index is 2.94. The molecule has 0 bridgehead atoms. The number of carboxylic acid groups (broad SMARTS) is 1. The first-order valence-electron chi connectivity index (χ1n) is 3.89. The fourth-order valence-electron chi connectivity index (χ4n) is 0.811. The summed E-state index contributed by atoms with van der Waals surface area (Å²) in [6.07, 6.45) is 1.01. The van der Waals surface area contributed by atoms with Crippen LogP contribution in [0, 0.1) is 0 Å². The second kappa shape index (κ2) is 3.36. The van der Waals surface area contributed by atoms with Crippen LogP contribution in [0.2, 0.25) is 0 Å². The number of aliphatic carboxylic acids is 1. The van der Waals surface area contributed by atoms with Gasteiger partial charge in [-0.05, 0) is 6.92 Å². The minimum atomic E-state index is -3.18. The van der Waals surface area contributed by atoms with Crippen molar-refractivity contribution in [3.63, 3.8) is 0 Å². The summed E-state index contributed by atoms with van der Waals surface area (Å²) in [4.78, 5) is 13.8. The number of oxazole rings is 1. The Bertz CT molecular complexity index is 343. The van der Waals surface area contributed by atoms with Crippen LogP contribution in [0.25, 0.3) is 0 Å². The molecule has 1 atom stereocenters. The van der Waals surface area contributed by atoms with Gasteiger partial charge in [0.05, 0.1) is 6.20 Å². The van der Waals surface area contributed by atoms with Gasteiger partial charge in [-0.15, -0.1) is 0 Å². The van der Waals surface area contributed by atoms with E-state index in [4.69, 9.17) is 5.11 Å². The predicted molar refractivity (Wildman–Crippen MR) is 42.1 cm³/mol. The molecule has 0 amide bonds. The van der Waals surface area contributed by atoms with E-state index in [1.54, 1.807) is 0 Å². The average molecular weight is 205 g/mol. The van der Waals surface area contributed by atoms with Crippen molar-refractivity contribution in [2.45, 2.75) is 25.7 Å². The van der Waals surface area contributed by atoms with Gasteiger partial charge in [-0.25, -0.2) is 4.98 Å². The number of hydrogen-bond acceptors (Lipinski definition) is 3. The molecule has 0 fully saturated rings. The molecule has 1 aromatic rings. The van der Waals surface area contributed by atoms with Crippen LogP contribution < -0.4 is 0 Å². The minimum absolute atomic E-state index is 0.0750. The molecule has 0 saturated carbocycles. The number of halogens is 2.